The van der Waals surface area contributed by atoms with Gasteiger partial charge < -0.3 is 4.42 Å². The second kappa shape index (κ2) is 7.83. The molecule has 1 aliphatic heterocycles. The predicted molar refractivity (Wildman–Crippen MR) is 148 cm³/mol. The van der Waals surface area contributed by atoms with Gasteiger partial charge in [-0.3, -0.25) is 0 Å². The zero-order valence-corrected chi connectivity index (χ0v) is 21.1. The van der Waals surface area contributed by atoms with Crippen LogP contribution in [-0.4, -0.2) is 23.0 Å². The first-order valence-electron chi connectivity index (χ1n) is 12.1. The summed E-state index contributed by atoms with van der Waals surface area (Å²) in [5, 5.41) is 2.73. The molecular formula is C31H23N3OSi. The van der Waals surface area contributed by atoms with Crippen molar-refractivity contribution < 1.29 is 4.42 Å². The quantitative estimate of drug-likeness (QED) is 0.274. The van der Waals surface area contributed by atoms with Gasteiger partial charge in [-0.1, -0.05) is 92.0 Å². The van der Waals surface area contributed by atoms with Gasteiger partial charge in [-0.15, -0.1) is 0 Å². The molecule has 36 heavy (non-hydrogen) atoms. The molecule has 0 spiro atoms. The summed E-state index contributed by atoms with van der Waals surface area (Å²) in [7, 11) is -1.97. The highest BCUT2D eigenvalue weighted by Gasteiger charge is 2.41. The third-order valence-corrected chi connectivity index (χ3v) is 10.6. The molecule has 0 saturated heterocycles. The van der Waals surface area contributed by atoms with Crippen molar-refractivity contribution in [3.8, 4) is 45.4 Å². The van der Waals surface area contributed by atoms with Crippen LogP contribution in [0.2, 0.25) is 13.1 Å². The van der Waals surface area contributed by atoms with Crippen molar-refractivity contribution in [3.63, 3.8) is 0 Å². The summed E-state index contributed by atoms with van der Waals surface area (Å²) in [5.41, 5.74) is 7.95. The summed E-state index contributed by atoms with van der Waals surface area (Å²) < 4.78 is 6.04. The van der Waals surface area contributed by atoms with Crippen molar-refractivity contribution in [2.75, 3.05) is 0 Å². The predicted octanol–water partition coefficient (Wildman–Crippen LogP) is 6.42. The van der Waals surface area contributed by atoms with E-state index in [4.69, 9.17) is 14.4 Å². The molecule has 0 amide bonds. The van der Waals surface area contributed by atoms with E-state index < -0.39 is 8.07 Å². The van der Waals surface area contributed by atoms with Crippen LogP contribution >= 0.6 is 0 Å². The fourth-order valence-electron chi connectivity index (χ4n) is 5.34. The zero-order valence-electron chi connectivity index (χ0n) is 20.1. The number of hydrogen-bond donors (Lipinski definition) is 0. The van der Waals surface area contributed by atoms with E-state index in [0.29, 0.717) is 11.7 Å². The lowest BCUT2D eigenvalue weighted by Gasteiger charge is -2.21. The molecule has 0 saturated carbocycles. The van der Waals surface area contributed by atoms with Crippen LogP contribution in [0.25, 0.3) is 56.5 Å². The molecule has 0 fully saturated rings. The molecule has 0 atom stereocenters. The van der Waals surface area contributed by atoms with E-state index in [0.717, 1.165) is 39.2 Å². The number of rotatable bonds is 3. The number of fused-ring (bicyclic) bond motifs is 4. The first kappa shape index (κ1) is 21.0. The summed E-state index contributed by atoms with van der Waals surface area (Å²) in [5.74, 6) is 1.31. The van der Waals surface area contributed by atoms with Crippen molar-refractivity contribution >= 4 is 29.5 Å². The fourth-order valence-corrected chi connectivity index (χ4v) is 8.57. The lowest BCUT2D eigenvalue weighted by molar-refractivity contribution is 0.620. The van der Waals surface area contributed by atoms with E-state index in [-0.39, 0.29) is 0 Å². The topological polar surface area (TPSA) is 51.8 Å². The molecule has 0 aliphatic carbocycles. The fraction of sp³-hybridized carbons (Fsp3) is 0.0645. The van der Waals surface area contributed by atoms with Crippen LogP contribution in [0.3, 0.4) is 0 Å². The van der Waals surface area contributed by atoms with Gasteiger partial charge >= 0.3 is 0 Å². The third kappa shape index (κ3) is 3.17. The average Bonchev–Trinajstić information content (AvgIpc) is 3.46. The van der Waals surface area contributed by atoms with Crippen molar-refractivity contribution in [1.82, 2.24) is 15.0 Å². The number of nitrogens with zero attached hydrogens (tertiary/aromatic N) is 3. The molecule has 7 rings (SSSR count). The first-order valence-corrected chi connectivity index (χ1v) is 15.1. The Balaban J connectivity index is 1.45. The monoisotopic (exact) mass is 481 g/mol. The van der Waals surface area contributed by atoms with Crippen molar-refractivity contribution in [1.29, 1.82) is 0 Å². The minimum absolute atomic E-state index is 0.598. The molecule has 3 heterocycles. The van der Waals surface area contributed by atoms with Crippen molar-refractivity contribution in [2.24, 2.45) is 0 Å². The second-order valence-electron chi connectivity index (χ2n) is 9.72. The minimum Gasteiger partial charge on any atom is -0.436 e. The van der Waals surface area contributed by atoms with Gasteiger partial charge in [-0.25, -0.2) is 15.0 Å². The molecule has 0 N–H and O–H groups in total. The maximum atomic E-state index is 6.04. The summed E-state index contributed by atoms with van der Waals surface area (Å²) in [6.07, 6.45) is 0. The molecular weight excluding hydrogens is 458 g/mol. The van der Waals surface area contributed by atoms with Gasteiger partial charge in [-0.2, -0.15) is 0 Å². The Kier molecular flexibility index (Phi) is 4.56. The highest BCUT2D eigenvalue weighted by atomic mass is 28.3. The first-order chi connectivity index (χ1) is 17.6. The van der Waals surface area contributed by atoms with Crippen LogP contribution in [0.1, 0.15) is 0 Å². The Morgan fingerprint density at radius 3 is 2.17 bits per heavy atom. The summed E-state index contributed by atoms with van der Waals surface area (Å²) in [6.45, 7) is 4.81. The highest BCUT2D eigenvalue weighted by Crippen LogP contribution is 2.34. The Labute approximate surface area is 210 Å². The number of para-hydroxylation sites is 2. The van der Waals surface area contributed by atoms with Crippen LogP contribution in [0.15, 0.2) is 108 Å². The van der Waals surface area contributed by atoms with Crippen molar-refractivity contribution in [2.45, 2.75) is 13.1 Å². The second-order valence-corrected chi connectivity index (χ2v) is 14.0. The molecule has 0 bridgehead atoms. The van der Waals surface area contributed by atoms with Gasteiger partial charge in [0.15, 0.2) is 11.4 Å². The number of oxazole rings is 1. The van der Waals surface area contributed by atoms with Gasteiger partial charge in [0, 0.05) is 16.7 Å². The Morgan fingerprint density at radius 2 is 1.31 bits per heavy atom. The molecule has 2 aromatic heterocycles. The molecule has 5 heteroatoms. The van der Waals surface area contributed by atoms with E-state index in [9.17, 15) is 0 Å². The van der Waals surface area contributed by atoms with Crippen LogP contribution < -0.4 is 10.4 Å². The van der Waals surface area contributed by atoms with Gasteiger partial charge in [-0.05, 0) is 40.2 Å². The average molecular weight is 482 g/mol. The Morgan fingerprint density at radius 1 is 0.611 bits per heavy atom. The van der Waals surface area contributed by atoms with E-state index in [1.807, 2.05) is 42.5 Å². The molecule has 4 aromatic carbocycles. The summed E-state index contributed by atoms with van der Waals surface area (Å²) in [6, 6.07) is 35.2. The van der Waals surface area contributed by atoms with E-state index in [2.05, 4.69) is 78.7 Å². The number of benzene rings is 4. The third-order valence-electron chi connectivity index (χ3n) is 7.10. The molecule has 1 aliphatic rings. The van der Waals surface area contributed by atoms with Crippen molar-refractivity contribution in [3.05, 3.63) is 103 Å². The summed E-state index contributed by atoms with van der Waals surface area (Å²) in [4.78, 5) is 15.1. The van der Waals surface area contributed by atoms with Gasteiger partial charge in [0.25, 0.3) is 0 Å². The Hall–Kier alpha value is -4.35. The van der Waals surface area contributed by atoms with Gasteiger partial charge in [0.05, 0.1) is 11.4 Å². The zero-order chi connectivity index (χ0) is 24.3. The van der Waals surface area contributed by atoms with Gasteiger partial charge in [0.1, 0.15) is 13.6 Å². The summed E-state index contributed by atoms with van der Waals surface area (Å²) >= 11 is 0. The maximum absolute atomic E-state index is 6.04. The van der Waals surface area contributed by atoms with E-state index >= 15 is 0 Å². The highest BCUT2D eigenvalue weighted by molar-refractivity contribution is 7.04. The standard InChI is InChI=1S/C31H23N3OSi/c1-36(2)26-18-9-6-15-23(26)28-29(36)27(20-11-4-3-5-12-20)33-30(34-28)21-13-10-14-22(19-21)31-32-24-16-7-8-17-25(24)35-31/h3-19H,1-2H3. The largest absolute Gasteiger partial charge is 0.436 e. The SMILES string of the molecule is C[Si]1(C)c2ccccc2-c2nc(-c3cccc(-c4nc5ccccc5o4)c3)nc(-c3ccccc3)c21. The molecule has 4 nitrogen and oxygen atoms in total. The van der Waals surface area contributed by atoms with Crippen LogP contribution in [0.5, 0.6) is 0 Å². The normalized spacial score (nSPS) is 13.5. The molecule has 6 aromatic rings. The van der Waals surface area contributed by atoms with E-state index in [1.54, 1.807) is 0 Å². The Bertz CT molecular complexity index is 1740. The lowest BCUT2D eigenvalue weighted by atomic mass is 10.1. The van der Waals surface area contributed by atoms with Gasteiger partial charge in [0.2, 0.25) is 5.89 Å². The molecule has 0 unspecified atom stereocenters. The van der Waals surface area contributed by atoms with Crippen LogP contribution in [0.4, 0.5) is 0 Å². The smallest absolute Gasteiger partial charge is 0.227 e. The minimum atomic E-state index is -1.97. The molecule has 0 radical (unpaired) electrons. The number of hydrogen-bond acceptors (Lipinski definition) is 4. The van der Waals surface area contributed by atoms with Crippen LogP contribution in [0, 0.1) is 0 Å². The maximum Gasteiger partial charge on any atom is 0.227 e. The molecule has 172 valence electrons. The number of aromatic nitrogens is 3. The lowest BCUT2D eigenvalue weighted by Crippen LogP contribution is -2.50. The van der Waals surface area contributed by atoms with E-state index in [1.165, 1.54) is 15.9 Å². The van der Waals surface area contributed by atoms with Crippen LogP contribution in [-0.2, 0) is 0 Å².